The fraction of sp³-hybridized carbons (Fsp3) is 0.529. The van der Waals surface area contributed by atoms with Crippen LogP contribution >= 0.6 is 0 Å². The molecule has 2 aliphatic carbocycles. The van der Waals surface area contributed by atoms with E-state index < -0.39 is 0 Å². The second kappa shape index (κ2) is 5.26. The number of benzene rings is 1. The largest absolute Gasteiger partial charge is 0.424 e. The summed E-state index contributed by atoms with van der Waals surface area (Å²) in [5.74, 6) is 3.31. The van der Waals surface area contributed by atoms with Crippen LogP contribution < -0.4 is 5.32 Å². The van der Waals surface area contributed by atoms with Gasteiger partial charge in [0, 0.05) is 5.92 Å². The summed E-state index contributed by atoms with van der Waals surface area (Å²) in [4.78, 5) is 0. The fourth-order valence-corrected chi connectivity index (χ4v) is 3.75. The predicted molar refractivity (Wildman–Crippen MR) is 80.0 cm³/mol. The van der Waals surface area contributed by atoms with Crippen molar-refractivity contribution >= 4 is 0 Å². The Kier molecular flexibility index (Phi) is 3.26. The predicted octanol–water partition coefficient (Wildman–Crippen LogP) is 3.01. The van der Waals surface area contributed by atoms with Gasteiger partial charge in [0.05, 0.1) is 6.54 Å². The molecule has 1 heterocycles. The molecule has 0 bridgehead atoms. The van der Waals surface area contributed by atoms with E-state index in [2.05, 4.69) is 46.7 Å². The molecule has 1 N–H and O–H groups in total. The summed E-state index contributed by atoms with van der Waals surface area (Å²) >= 11 is 0. The highest BCUT2D eigenvalue weighted by atomic mass is 16.4. The Balaban J connectivity index is 1.50. The van der Waals surface area contributed by atoms with Crippen molar-refractivity contribution in [2.75, 3.05) is 6.54 Å². The molecule has 0 radical (unpaired) electrons. The number of fused-ring (bicyclic) bond motifs is 3. The van der Waals surface area contributed by atoms with Gasteiger partial charge in [-0.3, -0.25) is 0 Å². The van der Waals surface area contributed by atoms with Crippen LogP contribution in [0.15, 0.2) is 28.7 Å². The highest BCUT2D eigenvalue weighted by Gasteiger charge is 2.56. The van der Waals surface area contributed by atoms with Gasteiger partial charge < -0.3 is 9.73 Å². The van der Waals surface area contributed by atoms with Gasteiger partial charge in [0.15, 0.2) is 0 Å². The molecule has 4 rings (SSSR count). The Morgan fingerprint density at radius 2 is 2.14 bits per heavy atom. The van der Waals surface area contributed by atoms with Crippen molar-refractivity contribution in [2.24, 2.45) is 5.92 Å². The van der Waals surface area contributed by atoms with Gasteiger partial charge in [0.1, 0.15) is 0 Å². The van der Waals surface area contributed by atoms with Gasteiger partial charge in [0.25, 0.3) is 0 Å². The van der Waals surface area contributed by atoms with E-state index in [4.69, 9.17) is 4.42 Å². The summed E-state index contributed by atoms with van der Waals surface area (Å²) in [5.41, 5.74) is 3.01. The van der Waals surface area contributed by atoms with Gasteiger partial charge in [-0.05, 0) is 48.8 Å². The van der Waals surface area contributed by atoms with Crippen LogP contribution in [-0.2, 0) is 13.0 Å². The summed E-state index contributed by atoms with van der Waals surface area (Å²) in [7, 11) is 0. The van der Waals surface area contributed by atoms with E-state index >= 15 is 0 Å². The highest BCUT2D eigenvalue weighted by Crippen LogP contribution is 2.64. The van der Waals surface area contributed by atoms with E-state index in [0.717, 1.165) is 24.7 Å². The minimum atomic E-state index is 0.445. The molecule has 4 nitrogen and oxygen atoms in total. The topological polar surface area (TPSA) is 51.0 Å². The maximum atomic E-state index is 5.88. The van der Waals surface area contributed by atoms with Crippen molar-refractivity contribution in [1.82, 2.24) is 15.5 Å². The third kappa shape index (κ3) is 2.27. The lowest BCUT2D eigenvalue weighted by Gasteiger charge is -2.13. The Hall–Kier alpha value is -1.68. The summed E-state index contributed by atoms with van der Waals surface area (Å²) in [6.07, 6.45) is 3.55. The van der Waals surface area contributed by atoms with E-state index in [0.29, 0.717) is 24.3 Å². The van der Waals surface area contributed by atoms with E-state index in [9.17, 15) is 0 Å². The number of aryl methyl sites for hydroxylation is 1. The quantitative estimate of drug-likeness (QED) is 0.857. The van der Waals surface area contributed by atoms with Gasteiger partial charge in [0.2, 0.25) is 11.8 Å². The first-order valence-electron chi connectivity index (χ1n) is 7.99. The molecule has 2 aromatic rings. The molecular formula is C17H21N3O. The fourth-order valence-electron chi connectivity index (χ4n) is 3.75. The smallest absolute Gasteiger partial charge is 0.230 e. The zero-order chi connectivity index (χ0) is 14.2. The van der Waals surface area contributed by atoms with Gasteiger partial charge in [-0.25, -0.2) is 0 Å². The average Bonchev–Trinajstić information content (AvgIpc) is 3.09. The first-order valence-corrected chi connectivity index (χ1v) is 7.99. The SMILES string of the molecule is CCCNCc1nnc(C2C3CCc4ccccc4C32)o1. The van der Waals surface area contributed by atoms with Crippen LogP contribution in [0.5, 0.6) is 0 Å². The number of aromatic nitrogens is 2. The zero-order valence-electron chi connectivity index (χ0n) is 12.4. The molecule has 1 fully saturated rings. The first-order chi connectivity index (χ1) is 10.4. The van der Waals surface area contributed by atoms with Crippen LogP contribution in [0.3, 0.4) is 0 Å². The number of rotatable bonds is 5. The van der Waals surface area contributed by atoms with Crippen LogP contribution in [0.1, 0.15) is 54.5 Å². The van der Waals surface area contributed by atoms with Crippen molar-refractivity contribution in [3.63, 3.8) is 0 Å². The second-order valence-corrected chi connectivity index (χ2v) is 6.16. The maximum Gasteiger partial charge on any atom is 0.230 e. The van der Waals surface area contributed by atoms with E-state index in [-0.39, 0.29) is 0 Å². The number of hydrogen-bond donors (Lipinski definition) is 1. The van der Waals surface area contributed by atoms with Crippen LogP contribution in [0.4, 0.5) is 0 Å². The third-order valence-corrected chi connectivity index (χ3v) is 4.80. The molecule has 110 valence electrons. The molecule has 21 heavy (non-hydrogen) atoms. The summed E-state index contributed by atoms with van der Waals surface area (Å²) in [6.45, 7) is 3.82. The minimum absolute atomic E-state index is 0.445. The second-order valence-electron chi connectivity index (χ2n) is 6.16. The summed E-state index contributed by atoms with van der Waals surface area (Å²) in [5, 5.41) is 11.8. The molecule has 0 saturated heterocycles. The molecule has 2 aliphatic rings. The highest BCUT2D eigenvalue weighted by molar-refractivity contribution is 5.42. The molecule has 3 unspecified atom stereocenters. The van der Waals surface area contributed by atoms with Crippen LogP contribution in [0, 0.1) is 5.92 Å². The lowest BCUT2D eigenvalue weighted by molar-refractivity contribution is 0.427. The lowest BCUT2D eigenvalue weighted by Crippen LogP contribution is -2.13. The number of nitrogens with one attached hydrogen (secondary N) is 1. The van der Waals surface area contributed by atoms with E-state index in [1.807, 2.05) is 0 Å². The van der Waals surface area contributed by atoms with Crippen LogP contribution in [-0.4, -0.2) is 16.7 Å². The average molecular weight is 283 g/mol. The Bertz CT molecular complexity index is 636. The molecule has 4 heteroatoms. The Morgan fingerprint density at radius 1 is 1.24 bits per heavy atom. The monoisotopic (exact) mass is 283 g/mol. The number of nitrogens with zero attached hydrogens (tertiary/aromatic N) is 2. The Morgan fingerprint density at radius 3 is 3.05 bits per heavy atom. The van der Waals surface area contributed by atoms with Crippen LogP contribution in [0.2, 0.25) is 0 Å². The zero-order valence-corrected chi connectivity index (χ0v) is 12.4. The first kappa shape index (κ1) is 13.0. The maximum absolute atomic E-state index is 5.88. The van der Waals surface area contributed by atoms with Crippen molar-refractivity contribution in [2.45, 2.75) is 44.6 Å². The van der Waals surface area contributed by atoms with E-state index in [1.54, 1.807) is 0 Å². The Labute approximate surface area is 125 Å². The summed E-state index contributed by atoms with van der Waals surface area (Å²) < 4.78 is 5.88. The molecule has 1 saturated carbocycles. The van der Waals surface area contributed by atoms with Gasteiger partial charge >= 0.3 is 0 Å². The molecule has 1 aromatic heterocycles. The standard InChI is InChI=1S/C17H21N3O/c1-2-9-18-10-14-19-20-17(21-14)16-13-8-7-11-5-3-4-6-12(11)15(13)16/h3-6,13,15-16,18H,2,7-10H2,1H3. The van der Waals surface area contributed by atoms with Crippen molar-refractivity contribution < 1.29 is 4.42 Å². The normalized spacial score (nSPS) is 26.2. The van der Waals surface area contributed by atoms with Crippen molar-refractivity contribution in [3.8, 4) is 0 Å². The van der Waals surface area contributed by atoms with Crippen molar-refractivity contribution in [1.29, 1.82) is 0 Å². The molecular weight excluding hydrogens is 262 g/mol. The molecule has 3 atom stereocenters. The third-order valence-electron chi connectivity index (χ3n) is 4.80. The van der Waals surface area contributed by atoms with Gasteiger partial charge in [-0.15, -0.1) is 10.2 Å². The molecule has 1 aromatic carbocycles. The molecule has 0 aliphatic heterocycles. The van der Waals surface area contributed by atoms with Crippen molar-refractivity contribution in [3.05, 3.63) is 47.2 Å². The van der Waals surface area contributed by atoms with Crippen LogP contribution in [0.25, 0.3) is 0 Å². The minimum Gasteiger partial charge on any atom is -0.424 e. The van der Waals surface area contributed by atoms with E-state index in [1.165, 1.54) is 24.0 Å². The van der Waals surface area contributed by atoms with Gasteiger partial charge in [-0.1, -0.05) is 31.2 Å². The summed E-state index contributed by atoms with van der Waals surface area (Å²) in [6, 6.07) is 8.81. The van der Waals surface area contributed by atoms with Gasteiger partial charge in [-0.2, -0.15) is 0 Å². The molecule has 0 spiro atoms. The lowest BCUT2D eigenvalue weighted by atomic mass is 9.92. The molecule has 0 amide bonds. The number of hydrogen-bond acceptors (Lipinski definition) is 4.